The van der Waals surface area contributed by atoms with Gasteiger partial charge in [0, 0.05) is 38.8 Å². The molecule has 0 spiro atoms. The predicted octanol–water partition coefficient (Wildman–Crippen LogP) is 2.58. The molecule has 0 fully saturated rings. The predicted molar refractivity (Wildman–Crippen MR) is 93.8 cm³/mol. The normalized spacial score (nSPS) is 14.3. The first-order chi connectivity index (χ1) is 11.7. The van der Waals surface area contributed by atoms with Crippen molar-refractivity contribution >= 4 is 33.3 Å². The molecular weight excluding hydrogens is 324 g/mol. The van der Waals surface area contributed by atoms with Gasteiger partial charge in [0.15, 0.2) is 5.66 Å². The van der Waals surface area contributed by atoms with Crippen molar-refractivity contribution < 1.29 is 4.79 Å². The van der Waals surface area contributed by atoms with Crippen molar-refractivity contribution in [2.24, 2.45) is 10.2 Å². The van der Waals surface area contributed by atoms with Crippen LogP contribution in [0.3, 0.4) is 0 Å². The number of hydrogen-bond donors (Lipinski definition) is 2. The molecule has 1 aliphatic rings. The molecule has 2 N–H and O–H groups in total. The van der Waals surface area contributed by atoms with Gasteiger partial charge in [-0.2, -0.15) is 10.2 Å². The SMILES string of the molecule is C#CCCC1(CCC(=O)NCCNc2ncnc3sccc23)N=N1. The van der Waals surface area contributed by atoms with Crippen molar-refractivity contribution in [2.45, 2.75) is 31.3 Å². The molecule has 0 aromatic carbocycles. The minimum Gasteiger partial charge on any atom is -0.368 e. The Hall–Kier alpha value is -2.53. The molecule has 2 aromatic heterocycles. The van der Waals surface area contributed by atoms with Gasteiger partial charge >= 0.3 is 0 Å². The third-order valence-electron chi connectivity index (χ3n) is 3.81. The summed E-state index contributed by atoms with van der Waals surface area (Å²) >= 11 is 1.57. The van der Waals surface area contributed by atoms with E-state index in [4.69, 9.17) is 6.42 Å². The molecule has 0 unspecified atom stereocenters. The van der Waals surface area contributed by atoms with Gasteiger partial charge in [-0.05, 0) is 11.4 Å². The van der Waals surface area contributed by atoms with Crippen molar-refractivity contribution in [3.05, 3.63) is 17.8 Å². The number of terminal acetylenes is 1. The highest BCUT2D eigenvalue weighted by atomic mass is 32.1. The fourth-order valence-corrected chi connectivity index (χ4v) is 3.12. The molecule has 24 heavy (non-hydrogen) atoms. The van der Waals surface area contributed by atoms with Gasteiger partial charge in [-0.1, -0.05) is 0 Å². The van der Waals surface area contributed by atoms with E-state index in [0.29, 0.717) is 32.4 Å². The zero-order valence-electron chi connectivity index (χ0n) is 13.2. The molecule has 3 rings (SSSR count). The lowest BCUT2D eigenvalue weighted by Gasteiger charge is -2.10. The number of hydrogen-bond acceptors (Lipinski definition) is 7. The lowest BCUT2D eigenvalue weighted by atomic mass is 10.0. The summed E-state index contributed by atoms with van der Waals surface area (Å²) in [4.78, 5) is 21.3. The molecule has 0 saturated heterocycles. The van der Waals surface area contributed by atoms with E-state index in [2.05, 4.69) is 36.8 Å². The summed E-state index contributed by atoms with van der Waals surface area (Å²) in [5, 5.41) is 17.1. The van der Waals surface area contributed by atoms with E-state index in [-0.39, 0.29) is 5.91 Å². The first kappa shape index (κ1) is 16.3. The molecule has 3 heterocycles. The van der Waals surface area contributed by atoms with Crippen molar-refractivity contribution in [3.63, 3.8) is 0 Å². The number of nitrogens with one attached hydrogen (secondary N) is 2. The second-order valence-corrected chi connectivity index (χ2v) is 6.42. The number of carbonyl (C=O) groups is 1. The number of thiophene rings is 1. The fraction of sp³-hybridized carbons (Fsp3) is 0.438. The van der Waals surface area contributed by atoms with Crippen LogP contribution in [0, 0.1) is 12.3 Å². The smallest absolute Gasteiger partial charge is 0.220 e. The molecule has 0 atom stereocenters. The van der Waals surface area contributed by atoms with E-state index < -0.39 is 5.66 Å². The zero-order valence-corrected chi connectivity index (χ0v) is 14.0. The number of anilines is 1. The van der Waals surface area contributed by atoms with Gasteiger partial charge in [-0.25, -0.2) is 9.97 Å². The number of aromatic nitrogens is 2. The quantitative estimate of drug-likeness (QED) is 0.541. The third-order valence-corrected chi connectivity index (χ3v) is 4.63. The third kappa shape index (κ3) is 4.06. The summed E-state index contributed by atoms with van der Waals surface area (Å²) in [6, 6.07) is 1.99. The summed E-state index contributed by atoms with van der Waals surface area (Å²) in [6.07, 6.45) is 9.17. The number of rotatable bonds is 9. The number of nitrogens with zero attached hydrogens (tertiary/aromatic N) is 4. The standard InChI is InChI=1S/C16H18N6OS/c1-2-3-6-16(21-22-16)7-4-13(23)17-8-9-18-14-12-5-10-24-15(12)20-11-19-14/h1,5,10-11H,3-4,6-9H2,(H,17,23)(H,18,19,20). The van der Waals surface area contributed by atoms with Crippen LogP contribution in [0.2, 0.25) is 0 Å². The Morgan fingerprint density at radius 3 is 2.96 bits per heavy atom. The van der Waals surface area contributed by atoms with Crippen LogP contribution in [0.4, 0.5) is 5.82 Å². The highest BCUT2D eigenvalue weighted by Gasteiger charge is 2.39. The Morgan fingerprint density at radius 1 is 1.29 bits per heavy atom. The van der Waals surface area contributed by atoms with E-state index in [1.165, 1.54) is 6.33 Å². The van der Waals surface area contributed by atoms with E-state index in [1.54, 1.807) is 11.3 Å². The second kappa shape index (κ2) is 7.36. The minimum absolute atomic E-state index is 0.00227. The monoisotopic (exact) mass is 342 g/mol. The van der Waals surface area contributed by atoms with Gasteiger partial charge in [0.05, 0.1) is 5.39 Å². The van der Waals surface area contributed by atoms with Crippen LogP contribution >= 0.6 is 11.3 Å². The van der Waals surface area contributed by atoms with Crippen molar-refractivity contribution in [3.8, 4) is 12.3 Å². The molecular formula is C16H18N6OS. The lowest BCUT2D eigenvalue weighted by Crippen LogP contribution is -2.29. The van der Waals surface area contributed by atoms with Crippen LogP contribution in [0.25, 0.3) is 10.2 Å². The molecule has 0 bridgehead atoms. The molecule has 7 nitrogen and oxygen atoms in total. The van der Waals surface area contributed by atoms with Crippen molar-refractivity contribution in [1.29, 1.82) is 0 Å². The Balaban J connectivity index is 1.35. The van der Waals surface area contributed by atoms with Gasteiger partial charge in [0.25, 0.3) is 0 Å². The van der Waals surface area contributed by atoms with Crippen LogP contribution in [-0.4, -0.2) is 34.6 Å². The highest BCUT2D eigenvalue weighted by Crippen LogP contribution is 2.37. The largest absolute Gasteiger partial charge is 0.368 e. The van der Waals surface area contributed by atoms with E-state index in [1.807, 2.05) is 11.4 Å². The molecule has 124 valence electrons. The summed E-state index contributed by atoms with van der Waals surface area (Å²) in [5.41, 5.74) is -0.395. The number of fused-ring (bicyclic) bond motifs is 1. The molecule has 8 heteroatoms. The number of amides is 1. The summed E-state index contributed by atoms with van der Waals surface area (Å²) < 4.78 is 0. The topological polar surface area (TPSA) is 91.6 Å². The van der Waals surface area contributed by atoms with Gasteiger partial charge in [0.1, 0.15) is 17.0 Å². The Morgan fingerprint density at radius 2 is 2.17 bits per heavy atom. The van der Waals surface area contributed by atoms with Gasteiger partial charge in [-0.3, -0.25) is 4.79 Å². The van der Waals surface area contributed by atoms with E-state index >= 15 is 0 Å². The average Bonchev–Trinajstić information content (AvgIpc) is 3.20. The van der Waals surface area contributed by atoms with E-state index in [0.717, 1.165) is 22.5 Å². The fourth-order valence-electron chi connectivity index (χ4n) is 2.38. The minimum atomic E-state index is -0.395. The maximum atomic E-state index is 11.9. The van der Waals surface area contributed by atoms with Crippen molar-refractivity contribution in [2.75, 3.05) is 18.4 Å². The highest BCUT2D eigenvalue weighted by molar-refractivity contribution is 7.16. The summed E-state index contributed by atoms with van der Waals surface area (Å²) in [5.74, 6) is 3.37. The van der Waals surface area contributed by atoms with Gasteiger partial charge in [0.2, 0.25) is 5.91 Å². The molecule has 1 amide bonds. The Bertz CT molecular complexity index is 787. The van der Waals surface area contributed by atoms with Crippen LogP contribution in [-0.2, 0) is 4.79 Å². The first-order valence-electron chi connectivity index (χ1n) is 7.79. The maximum absolute atomic E-state index is 11.9. The van der Waals surface area contributed by atoms with Crippen LogP contribution < -0.4 is 10.6 Å². The summed E-state index contributed by atoms with van der Waals surface area (Å²) in [7, 11) is 0. The zero-order chi connectivity index (χ0) is 16.8. The maximum Gasteiger partial charge on any atom is 0.220 e. The summed E-state index contributed by atoms with van der Waals surface area (Å²) in [6.45, 7) is 1.13. The van der Waals surface area contributed by atoms with Crippen LogP contribution in [0.15, 0.2) is 28.0 Å². The van der Waals surface area contributed by atoms with Crippen LogP contribution in [0.1, 0.15) is 25.7 Å². The molecule has 0 saturated carbocycles. The number of carbonyl (C=O) groups excluding carboxylic acids is 1. The van der Waals surface area contributed by atoms with Gasteiger partial charge in [-0.15, -0.1) is 23.7 Å². The molecule has 0 aliphatic carbocycles. The average molecular weight is 342 g/mol. The lowest BCUT2D eigenvalue weighted by molar-refractivity contribution is -0.121. The molecule has 0 radical (unpaired) electrons. The van der Waals surface area contributed by atoms with Gasteiger partial charge < -0.3 is 10.6 Å². The first-order valence-corrected chi connectivity index (χ1v) is 8.67. The second-order valence-electron chi connectivity index (χ2n) is 5.53. The van der Waals surface area contributed by atoms with Crippen molar-refractivity contribution in [1.82, 2.24) is 15.3 Å². The van der Waals surface area contributed by atoms with E-state index in [9.17, 15) is 4.79 Å². The molecule has 2 aromatic rings. The molecule has 1 aliphatic heterocycles. The van der Waals surface area contributed by atoms with Crippen LogP contribution in [0.5, 0.6) is 0 Å². The Kier molecular flexibility index (Phi) is 5.01. The Labute approximate surface area is 144 Å².